The van der Waals surface area contributed by atoms with Crippen LogP contribution in [-0.2, 0) is 11.3 Å². The third kappa shape index (κ3) is 4.20. The van der Waals surface area contributed by atoms with E-state index < -0.39 is 11.6 Å². The third-order valence-corrected chi connectivity index (χ3v) is 7.59. The van der Waals surface area contributed by atoms with Crippen molar-refractivity contribution < 1.29 is 14.6 Å². The Bertz CT molecular complexity index is 1480. The van der Waals surface area contributed by atoms with Gasteiger partial charge in [0.15, 0.2) is 11.6 Å². The maximum absolute atomic E-state index is 10.9. The van der Waals surface area contributed by atoms with E-state index in [2.05, 4.69) is 42.7 Å². The van der Waals surface area contributed by atoms with Gasteiger partial charge in [0.1, 0.15) is 11.4 Å². The van der Waals surface area contributed by atoms with Crippen LogP contribution in [0.3, 0.4) is 0 Å². The summed E-state index contributed by atoms with van der Waals surface area (Å²) in [4.78, 5) is 14.0. The summed E-state index contributed by atoms with van der Waals surface area (Å²) >= 11 is 7.94. The molecule has 0 aliphatic carbocycles. The van der Waals surface area contributed by atoms with Gasteiger partial charge < -0.3 is 14.7 Å². The van der Waals surface area contributed by atoms with E-state index in [-0.39, 0.29) is 12.4 Å². The summed E-state index contributed by atoms with van der Waals surface area (Å²) in [5.74, 6) is 0.0727. The van der Waals surface area contributed by atoms with Crippen LogP contribution in [0.2, 0.25) is 5.02 Å². The summed E-state index contributed by atoms with van der Waals surface area (Å²) in [6.45, 7) is 1.09. The van der Waals surface area contributed by atoms with Crippen molar-refractivity contribution in [1.29, 1.82) is 0 Å². The molecule has 0 bridgehead atoms. The summed E-state index contributed by atoms with van der Waals surface area (Å²) in [7, 11) is 0. The highest BCUT2D eigenvalue weighted by Gasteiger charge is 2.40. The molecule has 182 valence electrons. The fraction of sp³-hybridized carbons (Fsp3) is 0.250. The average molecular weight is 522 g/mol. The second kappa shape index (κ2) is 8.99. The molecule has 0 amide bonds. The first-order chi connectivity index (χ1) is 17.5. The molecule has 2 aliphatic rings. The number of carboxylic acids is 1. The smallest absolute Gasteiger partial charge is 0.327 e. The van der Waals surface area contributed by atoms with E-state index in [9.17, 15) is 4.79 Å². The molecule has 1 spiro atoms. The molecule has 36 heavy (non-hydrogen) atoms. The second-order valence-electron chi connectivity index (χ2n) is 8.61. The number of rotatable bonds is 5. The number of nitrogens with zero attached hydrogens (tertiary/aromatic N) is 7. The molecule has 1 fully saturated rings. The van der Waals surface area contributed by atoms with Gasteiger partial charge in [-0.1, -0.05) is 59.3 Å². The molecule has 4 heterocycles. The number of fused-ring (bicyclic) bond motifs is 1. The molecule has 2 aromatic carbocycles. The highest BCUT2D eigenvalue weighted by Crippen LogP contribution is 2.45. The lowest BCUT2D eigenvalue weighted by molar-refractivity contribution is -0.138. The van der Waals surface area contributed by atoms with Crippen LogP contribution in [0.25, 0.3) is 16.4 Å². The number of piperidine rings is 1. The van der Waals surface area contributed by atoms with Crippen molar-refractivity contribution in [3.05, 3.63) is 70.8 Å². The largest absolute Gasteiger partial charge is 0.482 e. The molecule has 12 heteroatoms. The Hall–Kier alpha value is -3.83. The quantitative estimate of drug-likeness (QED) is 0.418. The average Bonchev–Trinajstić information content (AvgIpc) is 3.54. The van der Waals surface area contributed by atoms with Gasteiger partial charge in [-0.05, 0) is 29.0 Å². The van der Waals surface area contributed by atoms with Gasteiger partial charge in [-0.2, -0.15) is 4.80 Å². The van der Waals surface area contributed by atoms with Crippen LogP contribution < -0.4 is 9.64 Å². The van der Waals surface area contributed by atoms with Gasteiger partial charge in [0.2, 0.25) is 11.0 Å². The molecule has 0 atom stereocenters. The number of hydrogen-bond donors (Lipinski definition) is 1. The van der Waals surface area contributed by atoms with E-state index in [1.165, 1.54) is 11.3 Å². The van der Waals surface area contributed by atoms with Gasteiger partial charge >= 0.3 is 5.97 Å². The predicted octanol–water partition coefficient (Wildman–Crippen LogP) is 3.79. The molecule has 0 unspecified atom stereocenters. The minimum atomic E-state index is -1.04. The fourth-order valence-corrected chi connectivity index (χ4v) is 5.60. The number of carboxylic acid groups (broad SMARTS) is 1. The lowest BCUT2D eigenvalue weighted by atomic mass is 9.83. The van der Waals surface area contributed by atoms with E-state index in [1.807, 2.05) is 42.5 Å². The van der Waals surface area contributed by atoms with Crippen LogP contribution in [0.5, 0.6) is 5.75 Å². The zero-order chi connectivity index (χ0) is 24.7. The molecular formula is C24H20ClN7O3S. The van der Waals surface area contributed by atoms with E-state index in [0.717, 1.165) is 58.3 Å². The number of halogens is 1. The first-order valence-electron chi connectivity index (χ1n) is 11.3. The third-order valence-electron chi connectivity index (χ3n) is 6.28. The molecule has 2 aromatic heterocycles. The Morgan fingerprint density at radius 1 is 1.06 bits per heavy atom. The zero-order valence-corrected chi connectivity index (χ0v) is 20.5. The Morgan fingerprint density at radius 3 is 2.58 bits per heavy atom. The van der Waals surface area contributed by atoms with Crippen molar-refractivity contribution in [2.45, 2.75) is 25.0 Å². The van der Waals surface area contributed by atoms with Crippen molar-refractivity contribution >= 4 is 39.6 Å². The van der Waals surface area contributed by atoms with Crippen molar-refractivity contribution in [3.63, 3.8) is 0 Å². The van der Waals surface area contributed by atoms with Crippen LogP contribution in [0, 0.1) is 0 Å². The van der Waals surface area contributed by atoms with E-state index in [0.29, 0.717) is 10.0 Å². The standard InChI is InChI=1S/C24H20ClN7O3S/c25-18-7-3-1-5-15(18)17-13-24(35-19-8-4-2-6-16(17)19)9-11-31(12-10-24)23-28-27-22(36-23)21-26-30-32(29-21)14-20(33)34/h1-8,13H,9-12,14H2,(H,33,34). The van der Waals surface area contributed by atoms with E-state index in [4.69, 9.17) is 21.4 Å². The summed E-state index contributed by atoms with van der Waals surface area (Å²) in [5.41, 5.74) is 2.67. The Balaban J connectivity index is 1.23. The van der Waals surface area contributed by atoms with Crippen molar-refractivity contribution in [3.8, 4) is 16.6 Å². The normalized spacial score (nSPS) is 16.4. The number of tetrazole rings is 1. The summed E-state index contributed by atoms with van der Waals surface area (Å²) in [6.07, 6.45) is 3.75. The number of anilines is 1. The van der Waals surface area contributed by atoms with E-state index >= 15 is 0 Å². The number of ether oxygens (including phenoxy) is 1. The maximum atomic E-state index is 10.9. The summed E-state index contributed by atoms with van der Waals surface area (Å²) < 4.78 is 6.59. The molecule has 0 saturated carbocycles. The van der Waals surface area contributed by atoms with Crippen LogP contribution in [0.1, 0.15) is 24.0 Å². The summed E-state index contributed by atoms with van der Waals surface area (Å²) in [5, 5.41) is 31.1. The molecule has 10 nitrogen and oxygen atoms in total. The number of carbonyl (C=O) groups is 1. The number of benzene rings is 2. The summed E-state index contributed by atoms with van der Waals surface area (Å²) in [6, 6.07) is 16.0. The van der Waals surface area contributed by atoms with Crippen molar-refractivity contribution in [2.75, 3.05) is 18.0 Å². The highest BCUT2D eigenvalue weighted by molar-refractivity contribution is 7.18. The first-order valence-corrected chi connectivity index (χ1v) is 12.5. The Kier molecular flexibility index (Phi) is 5.65. The van der Waals surface area contributed by atoms with E-state index in [1.54, 1.807) is 0 Å². The van der Waals surface area contributed by atoms with Gasteiger partial charge in [0.25, 0.3) is 0 Å². The minimum absolute atomic E-state index is 0.257. The van der Waals surface area contributed by atoms with Gasteiger partial charge in [0, 0.05) is 42.1 Å². The van der Waals surface area contributed by atoms with Gasteiger partial charge in [-0.25, -0.2) is 0 Å². The lowest BCUT2D eigenvalue weighted by Gasteiger charge is -2.43. The second-order valence-corrected chi connectivity index (χ2v) is 9.98. The Labute approximate surface area is 214 Å². The topological polar surface area (TPSA) is 119 Å². The Morgan fingerprint density at radius 2 is 1.81 bits per heavy atom. The SMILES string of the molecule is O=C(O)Cn1nnc(-c2nnc(N3CCC4(C=C(c5ccccc5Cl)c5ccccc5O4)CC3)s2)n1. The number of aromatic nitrogens is 6. The van der Waals surface area contributed by atoms with Crippen LogP contribution >= 0.6 is 22.9 Å². The molecular weight excluding hydrogens is 502 g/mol. The monoisotopic (exact) mass is 521 g/mol. The molecule has 1 saturated heterocycles. The predicted molar refractivity (Wildman–Crippen MR) is 134 cm³/mol. The molecule has 4 aromatic rings. The molecule has 1 N–H and O–H groups in total. The zero-order valence-electron chi connectivity index (χ0n) is 18.9. The highest BCUT2D eigenvalue weighted by atomic mass is 35.5. The van der Waals surface area contributed by atoms with Crippen LogP contribution in [-0.4, -0.2) is 60.2 Å². The lowest BCUT2D eigenvalue weighted by Crippen LogP contribution is -2.48. The first kappa shape index (κ1) is 22.6. The molecule has 2 aliphatic heterocycles. The number of hydrogen-bond acceptors (Lipinski definition) is 9. The van der Waals surface area contributed by atoms with Crippen LogP contribution in [0.4, 0.5) is 5.13 Å². The van der Waals surface area contributed by atoms with Crippen molar-refractivity contribution in [2.24, 2.45) is 0 Å². The molecule has 6 rings (SSSR count). The maximum Gasteiger partial charge on any atom is 0.327 e. The van der Waals surface area contributed by atoms with Gasteiger partial charge in [0.05, 0.1) is 0 Å². The molecule has 0 radical (unpaired) electrons. The minimum Gasteiger partial charge on any atom is -0.482 e. The number of aliphatic carboxylic acids is 1. The van der Waals surface area contributed by atoms with Crippen molar-refractivity contribution in [1.82, 2.24) is 30.4 Å². The van der Waals surface area contributed by atoms with Crippen LogP contribution in [0.15, 0.2) is 54.6 Å². The van der Waals surface area contributed by atoms with Gasteiger partial charge in [-0.3, -0.25) is 4.79 Å². The number of para-hydroxylation sites is 1. The fourth-order valence-electron chi connectivity index (χ4n) is 4.54. The van der Waals surface area contributed by atoms with Gasteiger partial charge in [-0.15, -0.1) is 20.4 Å².